The topological polar surface area (TPSA) is 87.9 Å². The molecule has 6 nitrogen and oxygen atoms in total. The molecule has 1 aliphatic rings. The van der Waals surface area contributed by atoms with Gasteiger partial charge in [-0.15, -0.1) is 5.10 Å². The van der Waals surface area contributed by atoms with Crippen molar-refractivity contribution >= 4 is 12.2 Å². The quantitative estimate of drug-likeness (QED) is 0.279. The van der Waals surface area contributed by atoms with Gasteiger partial charge in [0.2, 0.25) is 6.41 Å². The fraction of sp³-hybridized carbons (Fsp3) is 0.467. The largest absolute Gasteiger partial charge is 0.386 e. The normalized spacial score (nSPS) is 18.4. The summed E-state index contributed by atoms with van der Waals surface area (Å²) in [6.45, 7) is 3.24. The molecule has 0 aromatic heterocycles. The Labute approximate surface area is 125 Å². The fourth-order valence-electron chi connectivity index (χ4n) is 2.88. The van der Waals surface area contributed by atoms with Crippen LogP contribution in [-0.4, -0.2) is 35.4 Å². The van der Waals surface area contributed by atoms with E-state index in [2.05, 4.69) is 17.2 Å². The summed E-state index contributed by atoms with van der Waals surface area (Å²) in [4.78, 5) is 12.6. The van der Waals surface area contributed by atoms with Gasteiger partial charge >= 0.3 is 0 Å². The Morgan fingerprint density at radius 3 is 2.52 bits per heavy atom. The molecular formula is C15H23N5O. The van der Waals surface area contributed by atoms with E-state index in [4.69, 9.17) is 11.6 Å². The van der Waals surface area contributed by atoms with Crippen LogP contribution in [0.25, 0.3) is 0 Å². The highest BCUT2D eigenvalue weighted by atomic mass is 16.1. The molecule has 1 heterocycles. The number of amidine groups is 1. The van der Waals surface area contributed by atoms with Crippen LogP contribution in [0, 0.1) is 5.92 Å². The molecule has 6 heteroatoms. The standard InChI is InChI=1S/C15H23N5O/c1-12(16)18-20(17)15(13-5-3-2-4-6-13)14-7-9-19(11-21)10-8-14/h2-6,11,14-15H,7-10,17H2,1H3,(H2,16,18). The van der Waals surface area contributed by atoms with Crippen molar-refractivity contribution in [2.45, 2.75) is 25.8 Å². The average molecular weight is 289 g/mol. The highest BCUT2D eigenvalue weighted by molar-refractivity contribution is 5.77. The van der Waals surface area contributed by atoms with Crippen molar-refractivity contribution in [2.24, 2.45) is 22.6 Å². The van der Waals surface area contributed by atoms with Crippen molar-refractivity contribution in [2.75, 3.05) is 13.1 Å². The van der Waals surface area contributed by atoms with Crippen molar-refractivity contribution in [3.8, 4) is 0 Å². The molecule has 1 atom stereocenters. The molecule has 0 spiro atoms. The number of hydrazone groups is 1. The highest BCUT2D eigenvalue weighted by Gasteiger charge is 2.30. The van der Waals surface area contributed by atoms with E-state index < -0.39 is 0 Å². The molecule has 21 heavy (non-hydrogen) atoms. The van der Waals surface area contributed by atoms with Gasteiger partial charge in [0.1, 0.15) is 5.84 Å². The van der Waals surface area contributed by atoms with Gasteiger partial charge < -0.3 is 10.6 Å². The lowest BCUT2D eigenvalue weighted by Crippen LogP contribution is -2.41. The summed E-state index contributed by atoms with van der Waals surface area (Å²) >= 11 is 0. The predicted octanol–water partition coefficient (Wildman–Crippen LogP) is 1.06. The van der Waals surface area contributed by atoms with E-state index >= 15 is 0 Å². The number of hydrogen-bond acceptors (Lipinski definition) is 4. The smallest absolute Gasteiger partial charge is 0.209 e. The molecule has 0 saturated carbocycles. The van der Waals surface area contributed by atoms with Gasteiger partial charge in [-0.2, -0.15) is 0 Å². The highest BCUT2D eigenvalue weighted by Crippen LogP contribution is 2.34. The minimum Gasteiger partial charge on any atom is -0.386 e. The number of amides is 1. The van der Waals surface area contributed by atoms with Crippen LogP contribution in [0.15, 0.2) is 35.4 Å². The summed E-state index contributed by atoms with van der Waals surface area (Å²) in [5.41, 5.74) is 6.78. The molecule has 1 aromatic carbocycles. The number of carbonyl (C=O) groups excluding carboxylic acids is 1. The summed E-state index contributed by atoms with van der Waals surface area (Å²) in [5.74, 6) is 6.91. The predicted molar refractivity (Wildman–Crippen MR) is 82.9 cm³/mol. The van der Waals surface area contributed by atoms with Crippen molar-refractivity contribution < 1.29 is 4.79 Å². The zero-order chi connectivity index (χ0) is 15.2. The van der Waals surface area contributed by atoms with Crippen LogP contribution in [0.4, 0.5) is 0 Å². The number of hydrazine groups is 1. The number of rotatable bonds is 5. The molecule has 0 radical (unpaired) electrons. The molecule has 2 rings (SSSR count). The molecule has 0 bridgehead atoms. The van der Waals surface area contributed by atoms with E-state index in [1.807, 2.05) is 18.2 Å². The van der Waals surface area contributed by atoms with Gasteiger partial charge in [0.25, 0.3) is 0 Å². The van der Waals surface area contributed by atoms with Crippen molar-refractivity contribution in [3.63, 3.8) is 0 Å². The zero-order valence-electron chi connectivity index (χ0n) is 12.4. The van der Waals surface area contributed by atoms with E-state index in [1.165, 1.54) is 5.12 Å². The van der Waals surface area contributed by atoms with Gasteiger partial charge in [-0.1, -0.05) is 30.3 Å². The number of nitrogens with two attached hydrogens (primary N) is 2. The first-order valence-electron chi connectivity index (χ1n) is 7.20. The Morgan fingerprint density at radius 2 is 2.00 bits per heavy atom. The van der Waals surface area contributed by atoms with E-state index in [0.717, 1.165) is 37.9 Å². The van der Waals surface area contributed by atoms with Crippen LogP contribution in [0.5, 0.6) is 0 Å². The Kier molecular flexibility index (Phi) is 5.16. The van der Waals surface area contributed by atoms with Crippen LogP contribution in [0.1, 0.15) is 31.4 Å². The van der Waals surface area contributed by atoms with Gasteiger partial charge in [0.15, 0.2) is 0 Å². The third-order valence-corrected chi connectivity index (χ3v) is 3.87. The molecule has 1 aromatic rings. The van der Waals surface area contributed by atoms with Gasteiger partial charge in [0.05, 0.1) is 6.04 Å². The summed E-state index contributed by atoms with van der Waals surface area (Å²) in [6.07, 6.45) is 2.73. The zero-order valence-corrected chi connectivity index (χ0v) is 12.4. The van der Waals surface area contributed by atoms with E-state index in [0.29, 0.717) is 11.8 Å². The number of hydrogen-bond donors (Lipinski definition) is 2. The summed E-state index contributed by atoms with van der Waals surface area (Å²) < 4.78 is 0. The molecule has 1 unspecified atom stereocenters. The molecular weight excluding hydrogens is 266 g/mol. The van der Waals surface area contributed by atoms with Gasteiger partial charge in [-0.25, -0.2) is 11.0 Å². The first kappa shape index (κ1) is 15.3. The van der Waals surface area contributed by atoms with Crippen molar-refractivity contribution in [1.82, 2.24) is 10.0 Å². The van der Waals surface area contributed by atoms with Crippen LogP contribution in [0.2, 0.25) is 0 Å². The van der Waals surface area contributed by atoms with E-state index in [-0.39, 0.29) is 6.04 Å². The van der Waals surface area contributed by atoms with Crippen LogP contribution in [-0.2, 0) is 4.79 Å². The second-order valence-electron chi connectivity index (χ2n) is 5.46. The molecule has 1 saturated heterocycles. The van der Waals surface area contributed by atoms with E-state index in [9.17, 15) is 4.79 Å². The van der Waals surface area contributed by atoms with Gasteiger partial charge in [0, 0.05) is 13.1 Å². The molecule has 1 amide bonds. The summed E-state index contributed by atoms with van der Waals surface area (Å²) in [6, 6.07) is 10.0. The Bertz CT molecular complexity index is 478. The van der Waals surface area contributed by atoms with Crippen molar-refractivity contribution in [1.29, 1.82) is 0 Å². The molecule has 4 N–H and O–H groups in total. The Morgan fingerprint density at radius 1 is 1.38 bits per heavy atom. The fourth-order valence-corrected chi connectivity index (χ4v) is 2.88. The minimum atomic E-state index is -0.0292. The number of piperidine rings is 1. The number of carbonyl (C=O) groups is 1. The van der Waals surface area contributed by atoms with Crippen LogP contribution < -0.4 is 11.6 Å². The van der Waals surface area contributed by atoms with Crippen LogP contribution >= 0.6 is 0 Å². The van der Waals surface area contributed by atoms with Crippen molar-refractivity contribution in [3.05, 3.63) is 35.9 Å². The third kappa shape index (κ3) is 3.95. The van der Waals surface area contributed by atoms with Crippen LogP contribution in [0.3, 0.4) is 0 Å². The SMILES string of the molecule is C/C(N)=N/N(N)C(c1ccccc1)C1CCN(C=O)CC1. The van der Waals surface area contributed by atoms with E-state index in [1.54, 1.807) is 11.8 Å². The molecule has 114 valence electrons. The monoisotopic (exact) mass is 289 g/mol. The number of benzene rings is 1. The lowest BCUT2D eigenvalue weighted by molar-refractivity contribution is -0.119. The average Bonchev–Trinajstić information content (AvgIpc) is 2.48. The Balaban J connectivity index is 2.20. The minimum absolute atomic E-state index is 0.0292. The maximum atomic E-state index is 10.8. The molecule has 1 aliphatic heterocycles. The second-order valence-corrected chi connectivity index (χ2v) is 5.46. The second kappa shape index (κ2) is 7.08. The third-order valence-electron chi connectivity index (χ3n) is 3.87. The molecule has 1 fully saturated rings. The first-order valence-corrected chi connectivity index (χ1v) is 7.20. The lowest BCUT2D eigenvalue weighted by atomic mass is 9.85. The number of likely N-dealkylation sites (tertiary alicyclic amines) is 1. The first-order chi connectivity index (χ1) is 10.1. The van der Waals surface area contributed by atoms with Gasteiger partial charge in [-0.05, 0) is 31.2 Å². The lowest BCUT2D eigenvalue weighted by Gasteiger charge is -2.37. The maximum Gasteiger partial charge on any atom is 0.209 e. The number of nitrogens with zero attached hydrogens (tertiary/aromatic N) is 3. The Hall–Kier alpha value is -2.08. The summed E-state index contributed by atoms with van der Waals surface area (Å²) in [7, 11) is 0. The summed E-state index contributed by atoms with van der Waals surface area (Å²) in [5, 5.41) is 5.66. The molecule has 0 aliphatic carbocycles. The van der Waals surface area contributed by atoms with Gasteiger partial charge in [-0.3, -0.25) is 4.79 Å². The maximum absolute atomic E-state index is 10.8.